The van der Waals surface area contributed by atoms with Crippen LogP contribution in [0.4, 0.5) is 0 Å². The van der Waals surface area contributed by atoms with Crippen LogP contribution in [-0.2, 0) is 17.8 Å². The summed E-state index contributed by atoms with van der Waals surface area (Å²) in [5, 5.41) is 6.62. The molecule has 1 aliphatic rings. The van der Waals surface area contributed by atoms with E-state index in [1.807, 2.05) is 16.7 Å². The highest BCUT2D eigenvalue weighted by atomic mass is 32.2. The van der Waals surface area contributed by atoms with Crippen LogP contribution in [0.1, 0.15) is 36.8 Å². The van der Waals surface area contributed by atoms with Crippen molar-refractivity contribution in [3.8, 4) is 0 Å². The van der Waals surface area contributed by atoms with E-state index in [4.69, 9.17) is 0 Å². The van der Waals surface area contributed by atoms with Gasteiger partial charge in [-0.3, -0.25) is 9.79 Å². The lowest BCUT2D eigenvalue weighted by molar-refractivity contribution is -0.132. The summed E-state index contributed by atoms with van der Waals surface area (Å²) < 4.78 is 0. The molecule has 0 radical (unpaired) electrons. The number of guanidine groups is 1. The molecule has 0 saturated carbocycles. The second-order valence-electron chi connectivity index (χ2n) is 6.56. The van der Waals surface area contributed by atoms with Gasteiger partial charge in [0.2, 0.25) is 5.91 Å². The van der Waals surface area contributed by atoms with Crippen molar-refractivity contribution in [2.45, 2.75) is 38.6 Å². The van der Waals surface area contributed by atoms with E-state index in [1.54, 1.807) is 7.05 Å². The standard InChI is InChI=1S/C20H32N4OS/c1-21-20(22-12-5-6-15-26-2)23-13-7-10-19(25)24-14-11-17-8-3-4-9-18(17)16-24/h3-4,8-9H,5-7,10-16H2,1-2H3,(H2,21,22,23). The van der Waals surface area contributed by atoms with Gasteiger partial charge in [-0.25, -0.2) is 0 Å². The van der Waals surface area contributed by atoms with Crippen molar-refractivity contribution in [2.24, 2.45) is 4.99 Å². The summed E-state index contributed by atoms with van der Waals surface area (Å²) in [7, 11) is 1.79. The van der Waals surface area contributed by atoms with E-state index in [0.29, 0.717) is 6.42 Å². The van der Waals surface area contributed by atoms with Crippen molar-refractivity contribution >= 4 is 23.6 Å². The number of hydrogen-bond donors (Lipinski definition) is 2. The molecular weight excluding hydrogens is 344 g/mol. The highest BCUT2D eigenvalue weighted by Gasteiger charge is 2.19. The first kappa shape index (κ1) is 20.6. The molecule has 0 atom stereocenters. The molecule has 1 amide bonds. The Labute approximate surface area is 162 Å². The van der Waals surface area contributed by atoms with Crippen molar-refractivity contribution in [3.63, 3.8) is 0 Å². The monoisotopic (exact) mass is 376 g/mol. The highest BCUT2D eigenvalue weighted by Crippen LogP contribution is 2.19. The molecule has 0 saturated heterocycles. The molecule has 1 aliphatic heterocycles. The van der Waals surface area contributed by atoms with Crippen LogP contribution in [0.3, 0.4) is 0 Å². The average molecular weight is 377 g/mol. The molecular formula is C20H32N4OS. The Bertz CT molecular complexity index is 591. The van der Waals surface area contributed by atoms with Gasteiger partial charge in [0.05, 0.1) is 0 Å². The Morgan fingerprint density at radius 2 is 1.88 bits per heavy atom. The summed E-state index contributed by atoms with van der Waals surface area (Å²) in [6.07, 6.45) is 6.88. The van der Waals surface area contributed by atoms with Crippen LogP contribution in [0.25, 0.3) is 0 Å². The fraction of sp³-hybridized carbons (Fsp3) is 0.600. The second-order valence-corrected chi connectivity index (χ2v) is 7.55. The summed E-state index contributed by atoms with van der Waals surface area (Å²) in [5.74, 6) is 2.28. The SMILES string of the molecule is CN=C(NCCCCSC)NCCCC(=O)N1CCc2ccccc2C1. The number of aliphatic imine (C=N–C) groups is 1. The number of carbonyl (C=O) groups excluding carboxylic acids is 1. The zero-order valence-corrected chi connectivity index (χ0v) is 16.9. The molecule has 5 nitrogen and oxygen atoms in total. The predicted molar refractivity (Wildman–Crippen MR) is 112 cm³/mol. The molecule has 144 valence electrons. The number of thioether (sulfide) groups is 1. The van der Waals surface area contributed by atoms with Crippen LogP contribution in [0, 0.1) is 0 Å². The van der Waals surface area contributed by atoms with E-state index in [0.717, 1.165) is 51.4 Å². The van der Waals surface area contributed by atoms with Crippen molar-refractivity contribution in [3.05, 3.63) is 35.4 Å². The molecule has 6 heteroatoms. The van der Waals surface area contributed by atoms with Gasteiger partial charge in [0, 0.05) is 39.6 Å². The lowest BCUT2D eigenvalue weighted by atomic mass is 9.99. The first-order valence-electron chi connectivity index (χ1n) is 9.52. The van der Waals surface area contributed by atoms with Gasteiger partial charge in [-0.2, -0.15) is 11.8 Å². The normalized spacial score (nSPS) is 14.1. The average Bonchev–Trinajstić information content (AvgIpc) is 2.68. The third-order valence-corrected chi connectivity index (χ3v) is 5.33. The third-order valence-electron chi connectivity index (χ3n) is 4.63. The first-order valence-corrected chi connectivity index (χ1v) is 10.9. The lowest BCUT2D eigenvalue weighted by Gasteiger charge is -2.29. The minimum Gasteiger partial charge on any atom is -0.356 e. The molecule has 0 unspecified atom stereocenters. The van der Waals surface area contributed by atoms with Gasteiger partial charge in [0.1, 0.15) is 0 Å². The summed E-state index contributed by atoms with van der Waals surface area (Å²) in [6, 6.07) is 8.42. The Hall–Kier alpha value is -1.69. The zero-order chi connectivity index (χ0) is 18.6. The van der Waals surface area contributed by atoms with Crippen molar-refractivity contribution in [1.29, 1.82) is 0 Å². The third kappa shape index (κ3) is 6.90. The smallest absolute Gasteiger partial charge is 0.222 e. The van der Waals surface area contributed by atoms with E-state index in [9.17, 15) is 4.79 Å². The van der Waals surface area contributed by atoms with Gasteiger partial charge in [-0.1, -0.05) is 24.3 Å². The molecule has 26 heavy (non-hydrogen) atoms. The van der Waals surface area contributed by atoms with Gasteiger partial charge in [-0.15, -0.1) is 0 Å². The fourth-order valence-electron chi connectivity index (χ4n) is 3.11. The van der Waals surface area contributed by atoms with E-state index < -0.39 is 0 Å². The second kappa shape index (κ2) is 11.8. The van der Waals surface area contributed by atoms with Crippen LogP contribution in [-0.4, -0.2) is 55.5 Å². The van der Waals surface area contributed by atoms with Crippen LogP contribution in [0.5, 0.6) is 0 Å². The van der Waals surface area contributed by atoms with E-state index in [-0.39, 0.29) is 5.91 Å². The molecule has 2 N–H and O–H groups in total. The molecule has 0 bridgehead atoms. The molecule has 2 rings (SSSR count). The number of benzene rings is 1. The van der Waals surface area contributed by atoms with Crippen molar-refractivity contribution < 1.29 is 4.79 Å². The van der Waals surface area contributed by atoms with Gasteiger partial charge < -0.3 is 15.5 Å². The van der Waals surface area contributed by atoms with E-state index >= 15 is 0 Å². The van der Waals surface area contributed by atoms with Crippen LogP contribution in [0.15, 0.2) is 29.3 Å². The van der Waals surface area contributed by atoms with Gasteiger partial charge in [0.25, 0.3) is 0 Å². The fourth-order valence-corrected chi connectivity index (χ4v) is 3.60. The lowest BCUT2D eigenvalue weighted by Crippen LogP contribution is -2.39. The topological polar surface area (TPSA) is 56.7 Å². The van der Waals surface area contributed by atoms with Gasteiger partial charge >= 0.3 is 0 Å². The zero-order valence-electron chi connectivity index (χ0n) is 16.1. The van der Waals surface area contributed by atoms with Gasteiger partial charge in [0.15, 0.2) is 5.96 Å². The number of hydrogen-bond acceptors (Lipinski definition) is 3. The Kier molecular flexibility index (Phi) is 9.39. The van der Waals surface area contributed by atoms with Crippen molar-refractivity contribution in [1.82, 2.24) is 15.5 Å². The quantitative estimate of drug-likeness (QED) is 0.395. The predicted octanol–water partition coefficient (Wildman–Crippen LogP) is 2.66. The number of rotatable bonds is 9. The molecule has 0 fully saturated rings. The maximum atomic E-state index is 12.4. The Balaban J connectivity index is 1.61. The summed E-state index contributed by atoms with van der Waals surface area (Å²) in [5.41, 5.74) is 2.67. The minimum atomic E-state index is 0.251. The van der Waals surface area contributed by atoms with Crippen LogP contribution in [0.2, 0.25) is 0 Å². The number of fused-ring (bicyclic) bond motifs is 1. The molecule has 1 aromatic carbocycles. The first-order chi connectivity index (χ1) is 12.7. The number of nitrogens with zero attached hydrogens (tertiary/aromatic N) is 2. The molecule has 0 spiro atoms. The summed E-state index contributed by atoms with van der Waals surface area (Å²) in [6.45, 7) is 3.29. The molecule has 1 heterocycles. The van der Waals surface area contributed by atoms with Crippen molar-refractivity contribution in [2.75, 3.05) is 38.7 Å². The maximum Gasteiger partial charge on any atom is 0.222 e. The minimum absolute atomic E-state index is 0.251. The Morgan fingerprint density at radius 1 is 1.15 bits per heavy atom. The number of carbonyl (C=O) groups is 1. The van der Waals surface area contributed by atoms with E-state index in [2.05, 4.69) is 46.1 Å². The largest absolute Gasteiger partial charge is 0.356 e. The number of nitrogens with one attached hydrogen (secondary N) is 2. The summed E-state index contributed by atoms with van der Waals surface area (Å²) in [4.78, 5) is 18.7. The highest BCUT2D eigenvalue weighted by molar-refractivity contribution is 7.98. The molecule has 1 aromatic rings. The van der Waals surface area contributed by atoms with E-state index in [1.165, 1.54) is 23.3 Å². The summed E-state index contributed by atoms with van der Waals surface area (Å²) >= 11 is 1.88. The number of unbranched alkanes of at least 4 members (excludes halogenated alkanes) is 1. The van der Waals surface area contributed by atoms with Gasteiger partial charge in [-0.05, 0) is 48.8 Å². The van der Waals surface area contributed by atoms with Crippen LogP contribution < -0.4 is 10.6 Å². The Morgan fingerprint density at radius 3 is 2.62 bits per heavy atom. The molecule has 0 aromatic heterocycles. The maximum absolute atomic E-state index is 12.4. The molecule has 0 aliphatic carbocycles. The van der Waals surface area contributed by atoms with Crippen LogP contribution >= 0.6 is 11.8 Å². The number of amides is 1.